The third-order valence-electron chi connectivity index (χ3n) is 4.69. The molecule has 1 amide bonds. The summed E-state index contributed by atoms with van der Waals surface area (Å²) in [5, 5.41) is 0. The van der Waals surface area contributed by atoms with Crippen LogP contribution in [0.4, 0.5) is 8.78 Å². The van der Waals surface area contributed by atoms with Crippen molar-refractivity contribution in [2.75, 3.05) is 20.1 Å². The van der Waals surface area contributed by atoms with E-state index >= 15 is 0 Å². The second kappa shape index (κ2) is 5.72. The molecule has 0 aromatic heterocycles. The summed E-state index contributed by atoms with van der Waals surface area (Å²) in [5.74, 6) is -1.66. The standard InChI is InChI=1S/C16H20F2N2O/c1-19-6-2-4-14(19)15-5-3-7-20(15)16(21)11-8-12(17)10-13(18)9-11/h8-10,14-15H,2-7H2,1H3/t14-,15-/m0/s1. The summed E-state index contributed by atoms with van der Waals surface area (Å²) < 4.78 is 26.6. The van der Waals surface area contributed by atoms with E-state index in [2.05, 4.69) is 11.9 Å². The monoisotopic (exact) mass is 294 g/mol. The first-order valence-corrected chi connectivity index (χ1v) is 7.53. The lowest BCUT2D eigenvalue weighted by atomic mass is 10.0. The molecule has 21 heavy (non-hydrogen) atoms. The number of carbonyl (C=O) groups is 1. The molecular formula is C16H20F2N2O. The van der Waals surface area contributed by atoms with Gasteiger partial charge in [0, 0.05) is 30.3 Å². The minimum absolute atomic E-state index is 0.111. The van der Waals surface area contributed by atoms with E-state index < -0.39 is 11.6 Å². The minimum Gasteiger partial charge on any atom is -0.334 e. The van der Waals surface area contributed by atoms with E-state index in [1.165, 1.54) is 0 Å². The molecule has 0 saturated carbocycles. The van der Waals surface area contributed by atoms with Crippen molar-refractivity contribution in [3.8, 4) is 0 Å². The number of amides is 1. The molecule has 0 radical (unpaired) electrons. The van der Waals surface area contributed by atoms with Gasteiger partial charge in [0.1, 0.15) is 11.6 Å². The molecule has 1 aromatic carbocycles. The number of hydrogen-bond donors (Lipinski definition) is 0. The van der Waals surface area contributed by atoms with Crippen LogP contribution in [0.25, 0.3) is 0 Å². The smallest absolute Gasteiger partial charge is 0.254 e. The summed E-state index contributed by atoms with van der Waals surface area (Å²) in [6.07, 6.45) is 4.16. The van der Waals surface area contributed by atoms with Gasteiger partial charge in [-0.05, 0) is 51.4 Å². The molecule has 0 spiro atoms. The number of carbonyl (C=O) groups excluding carboxylic acids is 1. The van der Waals surface area contributed by atoms with Crippen LogP contribution < -0.4 is 0 Å². The topological polar surface area (TPSA) is 23.6 Å². The zero-order chi connectivity index (χ0) is 15.0. The van der Waals surface area contributed by atoms with Crippen molar-refractivity contribution in [3.63, 3.8) is 0 Å². The van der Waals surface area contributed by atoms with Gasteiger partial charge >= 0.3 is 0 Å². The Labute approximate surface area is 123 Å². The summed E-state index contributed by atoms with van der Waals surface area (Å²) in [6.45, 7) is 1.73. The van der Waals surface area contributed by atoms with Crippen molar-refractivity contribution in [1.82, 2.24) is 9.80 Å². The number of hydrogen-bond acceptors (Lipinski definition) is 2. The first-order chi connectivity index (χ1) is 10.1. The highest BCUT2D eigenvalue weighted by molar-refractivity contribution is 5.94. The van der Waals surface area contributed by atoms with E-state index in [9.17, 15) is 13.6 Å². The van der Waals surface area contributed by atoms with E-state index in [0.717, 1.165) is 50.4 Å². The number of rotatable bonds is 2. The molecular weight excluding hydrogens is 274 g/mol. The Bertz CT molecular complexity index is 529. The first-order valence-electron chi connectivity index (χ1n) is 7.53. The Balaban J connectivity index is 1.82. The van der Waals surface area contributed by atoms with Gasteiger partial charge in [-0.2, -0.15) is 0 Å². The summed E-state index contributed by atoms with van der Waals surface area (Å²) in [6, 6.07) is 3.58. The fourth-order valence-electron chi connectivity index (χ4n) is 3.71. The summed E-state index contributed by atoms with van der Waals surface area (Å²) in [4.78, 5) is 16.7. The van der Waals surface area contributed by atoms with Crippen molar-refractivity contribution in [1.29, 1.82) is 0 Å². The molecule has 2 fully saturated rings. The fourth-order valence-corrected chi connectivity index (χ4v) is 3.71. The molecule has 114 valence electrons. The van der Waals surface area contributed by atoms with Gasteiger partial charge in [0.2, 0.25) is 0 Å². The highest BCUT2D eigenvalue weighted by Gasteiger charge is 2.38. The molecule has 2 aliphatic rings. The van der Waals surface area contributed by atoms with Gasteiger partial charge in [0.15, 0.2) is 0 Å². The molecule has 2 atom stereocenters. The third kappa shape index (κ3) is 2.79. The molecule has 0 unspecified atom stereocenters. The number of likely N-dealkylation sites (N-methyl/N-ethyl adjacent to an activating group) is 1. The van der Waals surface area contributed by atoms with Crippen LogP contribution in [-0.4, -0.2) is 47.9 Å². The quantitative estimate of drug-likeness (QED) is 0.837. The van der Waals surface area contributed by atoms with Crippen LogP contribution in [0.5, 0.6) is 0 Å². The van der Waals surface area contributed by atoms with Crippen molar-refractivity contribution >= 4 is 5.91 Å². The summed E-state index contributed by atoms with van der Waals surface area (Å²) >= 11 is 0. The van der Waals surface area contributed by atoms with Gasteiger partial charge in [-0.15, -0.1) is 0 Å². The van der Waals surface area contributed by atoms with Gasteiger partial charge < -0.3 is 9.80 Å². The molecule has 0 aliphatic carbocycles. The molecule has 3 nitrogen and oxygen atoms in total. The van der Waals surface area contributed by atoms with E-state index in [-0.39, 0.29) is 17.5 Å². The van der Waals surface area contributed by atoms with E-state index in [1.54, 1.807) is 4.90 Å². The Morgan fingerprint density at radius 3 is 2.29 bits per heavy atom. The number of halogens is 2. The van der Waals surface area contributed by atoms with Gasteiger partial charge in [0.05, 0.1) is 0 Å². The normalized spacial score (nSPS) is 26.5. The molecule has 0 N–H and O–H groups in total. The number of benzene rings is 1. The van der Waals surface area contributed by atoms with E-state index in [0.29, 0.717) is 12.6 Å². The number of likely N-dealkylation sites (tertiary alicyclic amines) is 2. The predicted molar refractivity (Wildman–Crippen MR) is 76.1 cm³/mol. The van der Waals surface area contributed by atoms with Crippen LogP contribution in [0, 0.1) is 11.6 Å². The zero-order valence-corrected chi connectivity index (χ0v) is 12.2. The Kier molecular flexibility index (Phi) is 3.93. The van der Waals surface area contributed by atoms with Gasteiger partial charge in [-0.25, -0.2) is 8.78 Å². The maximum atomic E-state index is 13.3. The van der Waals surface area contributed by atoms with Gasteiger partial charge in [-0.1, -0.05) is 0 Å². The average Bonchev–Trinajstić information content (AvgIpc) is 3.04. The maximum absolute atomic E-state index is 13.3. The van der Waals surface area contributed by atoms with E-state index in [4.69, 9.17) is 0 Å². The van der Waals surface area contributed by atoms with Crippen LogP contribution >= 0.6 is 0 Å². The largest absolute Gasteiger partial charge is 0.334 e. The van der Waals surface area contributed by atoms with E-state index in [1.807, 2.05) is 0 Å². The molecule has 1 aromatic rings. The molecule has 2 heterocycles. The van der Waals surface area contributed by atoms with Crippen molar-refractivity contribution in [3.05, 3.63) is 35.4 Å². The van der Waals surface area contributed by atoms with Gasteiger partial charge in [-0.3, -0.25) is 4.79 Å². The van der Waals surface area contributed by atoms with Crippen molar-refractivity contribution < 1.29 is 13.6 Å². The summed E-state index contributed by atoms with van der Waals surface area (Å²) in [5.41, 5.74) is 0.111. The lowest BCUT2D eigenvalue weighted by molar-refractivity contribution is 0.0663. The Morgan fingerprint density at radius 1 is 1.05 bits per heavy atom. The summed E-state index contributed by atoms with van der Waals surface area (Å²) in [7, 11) is 2.08. The molecule has 3 rings (SSSR count). The predicted octanol–water partition coefficient (Wildman–Crippen LogP) is 2.66. The van der Waals surface area contributed by atoms with Crippen LogP contribution in [0.1, 0.15) is 36.0 Å². The Hall–Kier alpha value is -1.49. The zero-order valence-electron chi connectivity index (χ0n) is 12.2. The molecule has 5 heteroatoms. The number of nitrogens with zero attached hydrogens (tertiary/aromatic N) is 2. The third-order valence-corrected chi connectivity index (χ3v) is 4.69. The first kappa shape index (κ1) is 14.4. The van der Waals surface area contributed by atoms with Crippen molar-refractivity contribution in [2.45, 2.75) is 37.8 Å². The fraction of sp³-hybridized carbons (Fsp3) is 0.562. The van der Waals surface area contributed by atoms with Crippen LogP contribution in [0.2, 0.25) is 0 Å². The highest BCUT2D eigenvalue weighted by atomic mass is 19.1. The maximum Gasteiger partial charge on any atom is 0.254 e. The highest BCUT2D eigenvalue weighted by Crippen LogP contribution is 2.30. The molecule has 2 saturated heterocycles. The minimum atomic E-state index is -0.702. The lowest BCUT2D eigenvalue weighted by Gasteiger charge is -2.33. The SMILES string of the molecule is CN1CCC[C@H]1[C@@H]1CCCN1C(=O)c1cc(F)cc(F)c1. The average molecular weight is 294 g/mol. The second-order valence-electron chi connectivity index (χ2n) is 6.06. The second-order valence-corrected chi connectivity index (χ2v) is 6.06. The van der Waals surface area contributed by atoms with Crippen LogP contribution in [-0.2, 0) is 0 Å². The van der Waals surface area contributed by atoms with Crippen LogP contribution in [0.3, 0.4) is 0 Å². The van der Waals surface area contributed by atoms with Crippen LogP contribution in [0.15, 0.2) is 18.2 Å². The lowest BCUT2D eigenvalue weighted by Crippen LogP contribution is -2.47. The van der Waals surface area contributed by atoms with Gasteiger partial charge in [0.25, 0.3) is 5.91 Å². The molecule has 0 bridgehead atoms. The Morgan fingerprint density at radius 2 is 1.67 bits per heavy atom. The molecule has 2 aliphatic heterocycles. The van der Waals surface area contributed by atoms with Crippen molar-refractivity contribution in [2.24, 2.45) is 0 Å².